The van der Waals surface area contributed by atoms with Crippen LogP contribution in [0.25, 0.3) is 16.7 Å². The van der Waals surface area contributed by atoms with Crippen LogP contribution in [0.4, 0.5) is 0 Å². The molecular formula is C24H25N3O2. The number of nitrogens with zero attached hydrogens (tertiary/aromatic N) is 3. The van der Waals surface area contributed by atoms with E-state index in [1.54, 1.807) is 10.6 Å². The van der Waals surface area contributed by atoms with Crippen molar-refractivity contribution < 1.29 is 4.74 Å². The lowest BCUT2D eigenvalue weighted by Crippen LogP contribution is -2.25. The van der Waals surface area contributed by atoms with Crippen LogP contribution < -0.4 is 10.3 Å². The zero-order valence-electron chi connectivity index (χ0n) is 17.3. The van der Waals surface area contributed by atoms with Gasteiger partial charge in [-0.05, 0) is 68.7 Å². The van der Waals surface area contributed by atoms with E-state index in [1.165, 1.54) is 0 Å². The Hall–Kier alpha value is -3.34. The number of para-hydroxylation sites is 1. The van der Waals surface area contributed by atoms with Gasteiger partial charge in [-0.3, -0.25) is 9.36 Å². The van der Waals surface area contributed by atoms with Crippen LogP contribution in [0.15, 0.2) is 59.4 Å². The highest BCUT2D eigenvalue weighted by Crippen LogP contribution is 2.24. The highest BCUT2D eigenvalue weighted by Gasteiger charge is 2.17. The van der Waals surface area contributed by atoms with Crippen LogP contribution in [0.1, 0.15) is 22.4 Å². The molecule has 0 spiro atoms. The number of aromatic nitrogens is 3. The zero-order valence-corrected chi connectivity index (χ0v) is 17.3. The molecule has 0 N–H and O–H groups in total. The molecule has 0 radical (unpaired) electrons. The minimum Gasteiger partial charge on any atom is -0.492 e. The summed E-state index contributed by atoms with van der Waals surface area (Å²) in [5, 5.41) is 5.74. The highest BCUT2D eigenvalue weighted by atomic mass is 16.5. The van der Waals surface area contributed by atoms with E-state index in [-0.39, 0.29) is 5.56 Å². The van der Waals surface area contributed by atoms with Gasteiger partial charge in [0.25, 0.3) is 5.56 Å². The van der Waals surface area contributed by atoms with Gasteiger partial charge >= 0.3 is 0 Å². The Balaban J connectivity index is 1.74. The Labute approximate surface area is 170 Å². The maximum absolute atomic E-state index is 12.9. The normalized spacial score (nSPS) is 11.2. The maximum Gasteiger partial charge on any atom is 0.252 e. The van der Waals surface area contributed by atoms with Crippen molar-refractivity contribution in [2.24, 2.45) is 0 Å². The molecule has 29 heavy (non-hydrogen) atoms. The fourth-order valence-electron chi connectivity index (χ4n) is 3.90. The monoisotopic (exact) mass is 387 g/mol. The van der Waals surface area contributed by atoms with Crippen molar-refractivity contribution >= 4 is 11.0 Å². The van der Waals surface area contributed by atoms with E-state index >= 15 is 0 Å². The lowest BCUT2D eigenvalue weighted by molar-refractivity contribution is 0.297. The summed E-state index contributed by atoms with van der Waals surface area (Å²) in [6.07, 6.45) is 0. The minimum atomic E-state index is -0.0453. The molecule has 0 fully saturated rings. The van der Waals surface area contributed by atoms with E-state index in [2.05, 4.69) is 19.9 Å². The lowest BCUT2D eigenvalue weighted by atomic mass is 10.1. The first-order chi connectivity index (χ1) is 13.9. The summed E-state index contributed by atoms with van der Waals surface area (Å²) in [5.74, 6) is 0.826. The van der Waals surface area contributed by atoms with Crippen LogP contribution in [0, 0.1) is 27.7 Å². The second-order valence-corrected chi connectivity index (χ2v) is 7.52. The Morgan fingerprint density at radius 2 is 1.62 bits per heavy atom. The average molecular weight is 387 g/mol. The fraction of sp³-hybridized carbons (Fsp3) is 0.250. The summed E-state index contributed by atoms with van der Waals surface area (Å²) in [4.78, 5) is 12.9. The number of aryl methyl sites for hydroxylation is 4. The molecule has 0 aliphatic heterocycles. The molecule has 0 bridgehead atoms. The molecule has 5 heteroatoms. The second kappa shape index (κ2) is 7.59. The van der Waals surface area contributed by atoms with Crippen LogP contribution in [0.3, 0.4) is 0 Å². The van der Waals surface area contributed by atoms with Gasteiger partial charge in [0.1, 0.15) is 18.0 Å². The first-order valence-corrected chi connectivity index (χ1v) is 9.80. The van der Waals surface area contributed by atoms with Crippen LogP contribution in [-0.4, -0.2) is 21.0 Å². The standard InChI is InChI=1S/C24H25N3O2/c1-16-12-17(2)14-21(13-16)29-11-10-26-22(28)15-18(3)23-19(4)25-27(24(23)26)20-8-6-5-7-9-20/h5-9,12-15H,10-11H2,1-4H3. The first-order valence-electron chi connectivity index (χ1n) is 9.80. The molecule has 0 unspecified atom stereocenters. The number of hydrogen-bond donors (Lipinski definition) is 0. The van der Waals surface area contributed by atoms with E-state index in [9.17, 15) is 4.79 Å². The number of hydrogen-bond acceptors (Lipinski definition) is 3. The average Bonchev–Trinajstić information content (AvgIpc) is 3.02. The molecule has 0 aliphatic carbocycles. The predicted octanol–water partition coefficient (Wildman–Crippen LogP) is 4.50. The molecule has 5 nitrogen and oxygen atoms in total. The third kappa shape index (κ3) is 3.68. The molecule has 2 aromatic carbocycles. The molecule has 0 atom stereocenters. The Morgan fingerprint density at radius 3 is 2.31 bits per heavy atom. The molecule has 0 saturated heterocycles. The first kappa shape index (κ1) is 19.0. The number of rotatable bonds is 5. The van der Waals surface area contributed by atoms with Crippen molar-refractivity contribution in [1.82, 2.24) is 14.3 Å². The van der Waals surface area contributed by atoms with E-state index < -0.39 is 0 Å². The molecule has 4 rings (SSSR count). The van der Waals surface area contributed by atoms with E-state index in [0.717, 1.165) is 44.9 Å². The third-order valence-corrected chi connectivity index (χ3v) is 5.07. The summed E-state index contributed by atoms with van der Waals surface area (Å²) in [5.41, 5.74) is 5.86. The highest BCUT2D eigenvalue weighted by molar-refractivity contribution is 5.83. The quantitative estimate of drug-likeness (QED) is 0.507. The zero-order chi connectivity index (χ0) is 20.5. The van der Waals surface area contributed by atoms with Crippen molar-refractivity contribution in [3.05, 3.63) is 87.3 Å². The van der Waals surface area contributed by atoms with Crippen molar-refractivity contribution in [2.75, 3.05) is 6.61 Å². The molecule has 0 amide bonds. The van der Waals surface area contributed by atoms with Crippen molar-refractivity contribution in [3.8, 4) is 11.4 Å². The summed E-state index contributed by atoms with van der Waals surface area (Å²) >= 11 is 0. The van der Waals surface area contributed by atoms with E-state index in [4.69, 9.17) is 9.84 Å². The van der Waals surface area contributed by atoms with Gasteiger partial charge in [-0.2, -0.15) is 5.10 Å². The number of pyridine rings is 1. The Morgan fingerprint density at radius 1 is 0.931 bits per heavy atom. The largest absolute Gasteiger partial charge is 0.492 e. The van der Waals surface area contributed by atoms with E-state index in [0.29, 0.717) is 13.2 Å². The van der Waals surface area contributed by atoms with Gasteiger partial charge in [0.2, 0.25) is 0 Å². The van der Waals surface area contributed by atoms with Crippen molar-refractivity contribution in [3.63, 3.8) is 0 Å². The van der Waals surface area contributed by atoms with Crippen molar-refractivity contribution in [1.29, 1.82) is 0 Å². The predicted molar refractivity (Wildman–Crippen MR) is 116 cm³/mol. The van der Waals surface area contributed by atoms with Gasteiger partial charge in [-0.1, -0.05) is 24.3 Å². The van der Waals surface area contributed by atoms with Gasteiger partial charge in [-0.15, -0.1) is 0 Å². The number of fused-ring (bicyclic) bond motifs is 1. The van der Waals surface area contributed by atoms with Crippen LogP contribution in [0.2, 0.25) is 0 Å². The number of benzene rings is 2. The summed E-state index contributed by atoms with van der Waals surface area (Å²) in [7, 11) is 0. The molecule has 0 aliphatic rings. The lowest BCUT2D eigenvalue weighted by Gasteiger charge is -2.13. The van der Waals surface area contributed by atoms with Crippen molar-refractivity contribution in [2.45, 2.75) is 34.2 Å². The second-order valence-electron chi connectivity index (χ2n) is 7.52. The van der Waals surface area contributed by atoms with Crippen LogP contribution in [0.5, 0.6) is 5.75 Å². The van der Waals surface area contributed by atoms with Gasteiger partial charge in [0, 0.05) is 11.5 Å². The molecule has 2 heterocycles. The Kier molecular flexibility index (Phi) is 4.97. The summed E-state index contributed by atoms with van der Waals surface area (Å²) < 4.78 is 9.59. The molecule has 4 aromatic rings. The SMILES string of the molecule is Cc1cc(C)cc(OCCn2c(=O)cc(C)c3c(C)nn(-c4ccccc4)c32)c1. The van der Waals surface area contributed by atoms with Crippen LogP contribution in [-0.2, 0) is 6.54 Å². The summed E-state index contributed by atoms with van der Waals surface area (Å²) in [6, 6.07) is 17.7. The van der Waals surface area contributed by atoms with Gasteiger partial charge < -0.3 is 4.74 Å². The third-order valence-electron chi connectivity index (χ3n) is 5.07. The maximum atomic E-state index is 12.9. The number of ether oxygens (including phenoxy) is 1. The fourth-order valence-corrected chi connectivity index (χ4v) is 3.90. The molecule has 2 aromatic heterocycles. The molecule has 0 saturated carbocycles. The van der Waals surface area contributed by atoms with E-state index in [1.807, 2.05) is 61.0 Å². The topological polar surface area (TPSA) is 49.1 Å². The van der Waals surface area contributed by atoms with Gasteiger partial charge in [0.15, 0.2) is 0 Å². The Bertz CT molecular complexity index is 1220. The molecular weight excluding hydrogens is 362 g/mol. The van der Waals surface area contributed by atoms with Gasteiger partial charge in [-0.25, -0.2) is 4.68 Å². The van der Waals surface area contributed by atoms with Crippen LogP contribution >= 0.6 is 0 Å². The van der Waals surface area contributed by atoms with Gasteiger partial charge in [0.05, 0.1) is 17.9 Å². The summed E-state index contributed by atoms with van der Waals surface area (Å²) in [6.45, 7) is 8.89. The minimum absolute atomic E-state index is 0.0453. The molecule has 148 valence electrons. The smallest absolute Gasteiger partial charge is 0.252 e.